The Kier molecular flexibility index (Phi) is 1.52. The number of hydrogen-bond donors (Lipinski definition) is 0. The van der Waals surface area contributed by atoms with Crippen molar-refractivity contribution in [3.8, 4) is 0 Å². The molecule has 49 valence electrons. The molecule has 0 atom stereocenters. The Morgan fingerprint density at radius 2 is 2.00 bits per heavy atom. The molecule has 0 saturated heterocycles. The fourth-order valence-corrected chi connectivity index (χ4v) is 0.483. The van der Waals surface area contributed by atoms with Crippen LogP contribution in [-0.4, -0.2) is 13.0 Å². The number of methoxy groups -OCH3 is 1. The van der Waals surface area contributed by atoms with Gasteiger partial charge in [0.15, 0.2) is 0 Å². The van der Waals surface area contributed by atoms with Crippen LogP contribution in [0.15, 0.2) is 20.7 Å². The Hall–Kier alpha value is -0.840. The first-order chi connectivity index (χ1) is 4.33. The van der Waals surface area contributed by atoms with Gasteiger partial charge in [-0.25, -0.2) is 0 Å². The predicted octanol–water partition coefficient (Wildman–Crippen LogP) is 1.34. The van der Waals surface area contributed by atoms with Crippen LogP contribution in [-0.2, 0) is 4.74 Å². The van der Waals surface area contributed by atoms with Gasteiger partial charge in [0.25, 0.3) is 5.85 Å². The third kappa shape index (κ3) is 0.951. The van der Waals surface area contributed by atoms with Crippen molar-refractivity contribution in [3.63, 3.8) is 0 Å². The van der Waals surface area contributed by atoms with E-state index in [1.165, 1.54) is 7.11 Å². The maximum absolute atomic E-state index is 4.86. The van der Waals surface area contributed by atoms with Crippen LogP contribution in [0.5, 0.6) is 0 Å². The van der Waals surface area contributed by atoms with Crippen LogP contribution >= 0.6 is 0 Å². The molecule has 0 aromatic heterocycles. The Morgan fingerprint density at radius 3 is 2.22 bits per heavy atom. The van der Waals surface area contributed by atoms with E-state index in [4.69, 9.17) is 4.74 Å². The van der Waals surface area contributed by atoms with E-state index >= 15 is 0 Å². The summed E-state index contributed by atoms with van der Waals surface area (Å²) in [5.74, 6) is -0.917. The topological polar surface area (TPSA) is 58.7 Å². The van der Waals surface area contributed by atoms with Crippen LogP contribution in [0, 0.1) is 6.92 Å². The third-order valence-corrected chi connectivity index (χ3v) is 1.09. The van der Waals surface area contributed by atoms with E-state index in [0.717, 1.165) is 0 Å². The molecular weight excluding hydrogens is 120 g/mol. The molecule has 0 aromatic carbocycles. The summed E-state index contributed by atoms with van der Waals surface area (Å²) >= 11 is 0. The molecule has 1 heterocycles. The lowest BCUT2D eigenvalue weighted by atomic mass is 10.3. The van der Waals surface area contributed by atoms with E-state index in [2.05, 4.69) is 27.6 Å². The van der Waals surface area contributed by atoms with Gasteiger partial charge in [0.1, 0.15) is 0 Å². The molecule has 5 nitrogen and oxygen atoms in total. The number of nitrogens with zero attached hydrogens (tertiary/aromatic N) is 4. The van der Waals surface area contributed by atoms with Crippen molar-refractivity contribution in [2.24, 2.45) is 20.7 Å². The summed E-state index contributed by atoms with van der Waals surface area (Å²) in [4.78, 5) is 0. The molecule has 1 radical (unpaired) electrons. The standard InChI is InChI=1S/C4H7N4O/c1-3-4(9-2)5-7-8-6-4/h1,3H2,2H3. The van der Waals surface area contributed by atoms with Crippen molar-refractivity contribution in [1.29, 1.82) is 0 Å². The average molecular weight is 127 g/mol. The van der Waals surface area contributed by atoms with Crippen LogP contribution in [0.1, 0.15) is 6.42 Å². The van der Waals surface area contributed by atoms with Crippen molar-refractivity contribution < 1.29 is 4.74 Å². The van der Waals surface area contributed by atoms with Crippen LogP contribution in [0.3, 0.4) is 0 Å². The van der Waals surface area contributed by atoms with Gasteiger partial charge in [0.2, 0.25) is 0 Å². The van der Waals surface area contributed by atoms with Gasteiger partial charge < -0.3 is 4.74 Å². The van der Waals surface area contributed by atoms with Crippen molar-refractivity contribution in [2.75, 3.05) is 7.11 Å². The summed E-state index contributed by atoms with van der Waals surface area (Å²) in [7, 11) is 1.49. The Labute approximate surface area is 52.8 Å². The quantitative estimate of drug-likeness (QED) is 0.552. The number of rotatable bonds is 2. The summed E-state index contributed by atoms with van der Waals surface area (Å²) in [6, 6.07) is 0. The zero-order valence-electron chi connectivity index (χ0n) is 5.11. The summed E-state index contributed by atoms with van der Waals surface area (Å²) in [6.07, 6.45) is 0.413. The normalized spacial score (nSPS) is 21.1. The maximum Gasteiger partial charge on any atom is 0.297 e. The smallest absolute Gasteiger partial charge is 0.297 e. The van der Waals surface area contributed by atoms with Gasteiger partial charge in [-0.3, -0.25) is 0 Å². The lowest BCUT2D eigenvalue weighted by Gasteiger charge is -2.13. The first-order valence-electron chi connectivity index (χ1n) is 2.51. The SMILES string of the molecule is [CH2]CC1(OC)N=NN=N1. The molecule has 0 aliphatic carbocycles. The second kappa shape index (κ2) is 2.18. The fraction of sp³-hybridized carbons (Fsp3) is 0.750. The molecular formula is C4H7N4O. The average Bonchev–Trinajstić information content (AvgIpc) is 2.36. The second-order valence-corrected chi connectivity index (χ2v) is 1.58. The first-order valence-corrected chi connectivity index (χ1v) is 2.51. The van der Waals surface area contributed by atoms with E-state index < -0.39 is 5.85 Å². The summed E-state index contributed by atoms with van der Waals surface area (Å²) in [6.45, 7) is 3.58. The van der Waals surface area contributed by atoms with Crippen molar-refractivity contribution in [2.45, 2.75) is 12.3 Å². The highest BCUT2D eigenvalue weighted by Gasteiger charge is 2.29. The summed E-state index contributed by atoms with van der Waals surface area (Å²) in [5, 5.41) is 13.8. The molecule has 5 heteroatoms. The van der Waals surface area contributed by atoms with Gasteiger partial charge in [-0.1, -0.05) is 0 Å². The minimum Gasteiger partial charge on any atom is -0.336 e. The zero-order valence-corrected chi connectivity index (χ0v) is 5.11. The largest absolute Gasteiger partial charge is 0.336 e. The highest BCUT2D eigenvalue weighted by atomic mass is 16.5. The lowest BCUT2D eigenvalue weighted by molar-refractivity contribution is 0.00461. The van der Waals surface area contributed by atoms with Gasteiger partial charge in [-0.2, -0.15) is 0 Å². The third-order valence-electron chi connectivity index (χ3n) is 1.09. The van der Waals surface area contributed by atoms with Crippen LogP contribution in [0.25, 0.3) is 0 Å². The van der Waals surface area contributed by atoms with Crippen molar-refractivity contribution in [1.82, 2.24) is 0 Å². The second-order valence-electron chi connectivity index (χ2n) is 1.58. The number of hydrogen-bond acceptors (Lipinski definition) is 5. The molecule has 0 unspecified atom stereocenters. The van der Waals surface area contributed by atoms with Crippen molar-refractivity contribution in [3.05, 3.63) is 6.92 Å². The van der Waals surface area contributed by atoms with E-state index in [1.807, 2.05) is 0 Å². The van der Waals surface area contributed by atoms with E-state index in [9.17, 15) is 0 Å². The monoisotopic (exact) mass is 127 g/mol. The molecule has 0 saturated carbocycles. The first kappa shape index (κ1) is 6.28. The van der Waals surface area contributed by atoms with Crippen molar-refractivity contribution >= 4 is 0 Å². The summed E-state index contributed by atoms with van der Waals surface area (Å²) < 4.78 is 4.86. The van der Waals surface area contributed by atoms with Crippen LogP contribution in [0.4, 0.5) is 0 Å². The predicted molar refractivity (Wildman–Crippen MR) is 29.4 cm³/mol. The van der Waals surface area contributed by atoms with Gasteiger partial charge in [-0.15, -0.1) is 10.2 Å². The molecule has 0 spiro atoms. The molecule has 0 bridgehead atoms. The minimum atomic E-state index is -0.917. The fourth-order valence-electron chi connectivity index (χ4n) is 0.483. The molecule has 0 aromatic rings. The van der Waals surface area contributed by atoms with E-state index in [-0.39, 0.29) is 0 Å². The van der Waals surface area contributed by atoms with Crippen LogP contribution in [0.2, 0.25) is 0 Å². The maximum atomic E-state index is 4.86. The molecule has 0 N–H and O–H groups in total. The molecule has 1 rings (SSSR count). The Bertz CT molecular complexity index is 135. The van der Waals surface area contributed by atoms with Gasteiger partial charge in [0, 0.05) is 13.5 Å². The highest BCUT2D eigenvalue weighted by Crippen LogP contribution is 2.23. The molecule has 1 aliphatic heterocycles. The van der Waals surface area contributed by atoms with E-state index in [1.54, 1.807) is 0 Å². The molecule has 0 amide bonds. The van der Waals surface area contributed by atoms with Gasteiger partial charge in [-0.05, 0) is 17.4 Å². The molecule has 9 heavy (non-hydrogen) atoms. The van der Waals surface area contributed by atoms with Gasteiger partial charge >= 0.3 is 0 Å². The Balaban J connectivity index is 2.69. The highest BCUT2D eigenvalue weighted by molar-refractivity contribution is 4.74. The van der Waals surface area contributed by atoms with E-state index in [0.29, 0.717) is 6.42 Å². The minimum absolute atomic E-state index is 0.413. The molecule has 0 fully saturated rings. The lowest BCUT2D eigenvalue weighted by Crippen LogP contribution is -2.22. The number of ether oxygens (including phenoxy) is 1. The summed E-state index contributed by atoms with van der Waals surface area (Å²) in [5.41, 5.74) is 0. The van der Waals surface area contributed by atoms with Crippen LogP contribution < -0.4 is 0 Å². The Morgan fingerprint density at radius 1 is 1.44 bits per heavy atom. The zero-order chi connectivity index (χ0) is 6.74. The van der Waals surface area contributed by atoms with Gasteiger partial charge in [0.05, 0.1) is 0 Å². The molecule has 1 aliphatic rings.